The first-order valence-corrected chi connectivity index (χ1v) is 6.41. The molecule has 0 bridgehead atoms. The average Bonchev–Trinajstić information content (AvgIpc) is 3.27. The number of nitrogens with two attached hydrogens (primary N) is 1. The summed E-state index contributed by atoms with van der Waals surface area (Å²) in [4.78, 5) is 22.9. The van der Waals surface area contributed by atoms with Crippen LogP contribution in [-0.4, -0.2) is 32.1 Å². The van der Waals surface area contributed by atoms with Gasteiger partial charge in [-0.2, -0.15) is 0 Å². The summed E-state index contributed by atoms with van der Waals surface area (Å²) in [5.41, 5.74) is 5.91. The van der Waals surface area contributed by atoms with Crippen molar-refractivity contribution in [1.82, 2.24) is 0 Å². The van der Waals surface area contributed by atoms with Gasteiger partial charge in [-0.1, -0.05) is 0 Å². The predicted molar refractivity (Wildman–Crippen MR) is 73.3 cm³/mol. The molecule has 6 nitrogen and oxygen atoms in total. The molecule has 0 radical (unpaired) electrons. The zero-order valence-corrected chi connectivity index (χ0v) is 11.3. The van der Waals surface area contributed by atoms with Crippen LogP contribution < -0.4 is 15.8 Å². The molecule has 0 spiro atoms. The van der Waals surface area contributed by atoms with Crippen molar-refractivity contribution in [2.45, 2.75) is 12.8 Å². The van der Waals surface area contributed by atoms with Crippen molar-refractivity contribution < 1.29 is 19.1 Å². The lowest BCUT2D eigenvalue weighted by Gasteiger charge is -2.13. The second-order valence-electron chi connectivity index (χ2n) is 4.83. The molecule has 1 aromatic rings. The SMILES string of the molecule is COC(=O)COc1ccc(NC(=O)C2(CN)CC2)cc1. The number of ether oxygens (including phenoxy) is 2. The van der Waals surface area contributed by atoms with Gasteiger partial charge in [-0.25, -0.2) is 4.79 Å². The average molecular weight is 278 g/mol. The number of carbonyl (C=O) groups excluding carboxylic acids is 2. The third-order valence-corrected chi connectivity index (χ3v) is 3.42. The molecule has 3 N–H and O–H groups in total. The van der Waals surface area contributed by atoms with Crippen LogP contribution in [0.3, 0.4) is 0 Å². The summed E-state index contributed by atoms with van der Waals surface area (Å²) in [5.74, 6) is 0.0533. The smallest absolute Gasteiger partial charge is 0.343 e. The lowest BCUT2D eigenvalue weighted by molar-refractivity contribution is -0.142. The minimum absolute atomic E-state index is 0.0387. The van der Waals surface area contributed by atoms with Gasteiger partial charge in [0.2, 0.25) is 5.91 Å². The van der Waals surface area contributed by atoms with Gasteiger partial charge in [-0.3, -0.25) is 4.79 Å². The van der Waals surface area contributed by atoms with Crippen LogP contribution in [0.5, 0.6) is 5.75 Å². The standard InChI is InChI=1S/C14H18N2O4/c1-19-12(17)8-20-11-4-2-10(3-5-11)16-13(18)14(9-15)6-7-14/h2-5H,6-9,15H2,1H3,(H,16,18). The van der Waals surface area contributed by atoms with Gasteiger partial charge in [0, 0.05) is 12.2 Å². The van der Waals surface area contributed by atoms with Crippen LogP contribution in [0.15, 0.2) is 24.3 Å². The Morgan fingerprint density at radius 2 is 1.95 bits per heavy atom. The molecule has 0 aliphatic heterocycles. The molecule has 1 aliphatic rings. The van der Waals surface area contributed by atoms with Crippen molar-refractivity contribution in [2.24, 2.45) is 11.1 Å². The lowest BCUT2D eigenvalue weighted by atomic mass is 10.1. The van der Waals surface area contributed by atoms with Gasteiger partial charge in [-0.15, -0.1) is 0 Å². The molecule has 1 aromatic carbocycles. The van der Waals surface area contributed by atoms with E-state index >= 15 is 0 Å². The minimum Gasteiger partial charge on any atom is -0.482 e. The summed E-state index contributed by atoms with van der Waals surface area (Å²) in [6.45, 7) is 0.234. The van der Waals surface area contributed by atoms with E-state index in [2.05, 4.69) is 10.1 Å². The Kier molecular flexibility index (Phi) is 4.24. The normalized spacial score (nSPS) is 15.3. The molecule has 0 unspecified atom stereocenters. The summed E-state index contributed by atoms with van der Waals surface area (Å²) in [5, 5.41) is 2.83. The highest BCUT2D eigenvalue weighted by molar-refractivity contribution is 5.97. The Bertz CT molecular complexity index is 494. The number of methoxy groups -OCH3 is 1. The van der Waals surface area contributed by atoms with Crippen molar-refractivity contribution in [3.63, 3.8) is 0 Å². The zero-order valence-electron chi connectivity index (χ0n) is 11.3. The van der Waals surface area contributed by atoms with Crippen LogP contribution in [0.1, 0.15) is 12.8 Å². The number of benzene rings is 1. The lowest BCUT2D eigenvalue weighted by Crippen LogP contribution is -2.30. The van der Waals surface area contributed by atoms with Gasteiger partial charge in [0.05, 0.1) is 12.5 Å². The summed E-state index contributed by atoms with van der Waals surface area (Å²) in [6, 6.07) is 6.80. The quantitative estimate of drug-likeness (QED) is 0.755. The van der Waals surface area contributed by atoms with Gasteiger partial charge >= 0.3 is 5.97 Å². The van der Waals surface area contributed by atoms with Gasteiger partial charge in [0.1, 0.15) is 5.75 Å². The van der Waals surface area contributed by atoms with Gasteiger partial charge in [0.15, 0.2) is 6.61 Å². The minimum atomic E-state index is -0.444. The Hall–Kier alpha value is -2.08. The highest BCUT2D eigenvalue weighted by Crippen LogP contribution is 2.45. The maximum atomic E-state index is 12.0. The second kappa shape index (κ2) is 5.92. The second-order valence-corrected chi connectivity index (χ2v) is 4.83. The fourth-order valence-electron chi connectivity index (χ4n) is 1.77. The van der Waals surface area contributed by atoms with E-state index < -0.39 is 5.97 Å². The highest BCUT2D eigenvalue weighted by Gasteiger charge is 2.48. The van der Waals surface area contributed by atoms with E-state index in [1.165, 1.54) is 7.11 Å². The number of nitrogens with one attached hydrogen (secondary N) is 1. The van der Waals surface area contributed by atoms with Crippen LogP contribution in [0, 0.1) is 5.41 Å². The molecule has 20 heavy (non-hydrogen) atoms. The number of amides is 1. The molecular weight excluding hydrogens is 260 g/mol. The van der Waals surface area contributed by atoms with Crippen molar-refractivity contribution in [2.75, 3.05) is 25.6 Å². The van der Waals surface area contributed by atoms with Gasteiger partial charge < -0.3 is 20.5 Å². The van der Waals surface area contributed by atoms with E-state index in [4.69, 9.17) is 10.5 Å². The first kappa shape index (κ1) is 14.3. The molecular formula is C14H18N2O4. The summed E-state index contributed by atoms with van der Waals surface area (Å²) in [6.07, 6.45) is 1.69. The third-order valence-electron chi connectivity index (χ3n) is 3.42. The zero-order chi connectivity index (χ0) is 14.6. The fourth-order valence-corrected chi connectivity index (χ4v) is 1.77. The summed E-state index contributed by atoms with van der Waals surface area (Å²) < 4.78 is 9.68. The van der Waals surface area contributed by atoms with E-state index in [0.717, 1.165) is 12.8 Å². The van der Waals surface area contributed by atoms with Crippen LogP contribution >= 0.6 is 0 Å². The first-order valence-electron chi connectivity index (χ1n) is 6.41. The predicted octanol–water partition coefficient (Wildman–Crippen LogP) is 0.916. The number of hydrogen-bond acceptors (Lipinski definition) is 5. The van der Waals surface area contributed by atoms with E-state index in [1.54, 1.807) is 24.3 Å². The van der Waals surface area contributed by atoms with E-state index in [9.17, 15) is 9.59 Å². The van der Waals surface area contributed by atoms with Crippen LogP contribution in [-0.2, 0) is 14.3 Å². The number of carbonyl (C=O) groups is 2. The number of rotatable bonds is 6. The third kappa shape index (κ3) is 3.27. The molecule has 2 rings (SSSR count). The molecule has 0 atom stereocenters. The summed E-state index contributed by atoms with van der Waals surface area (Å²) >= 11 is 0. The van der Waals surface area contributed by atoms with Crippen molar-refractivity contribution in [3.8, 4) is 5.75 Å². The fraction of sp³-hybridized carbons (Fsp3) is 0.429. The van der Waals surface area contributed by atoms with Crippen LogP contribution in [0.4, 0.5) is 5.69 Å². The number of anilines is 1. The van der Waals surface area contributed by atoms with E-state index in [0.29, 0.717) is 18.0 Å². The Labute approximate surface area is 117 Å². The van der Waals surface area contributed by atoms with Crippen LogP contribution in [0.2, 0.25) is 0 Å². The van der Waals surface area contributed by atoms with Gasteiger partial charge in [0.25, 0.3) is 0 Å². The topological polar surface area (TPSA) is 90.6 Å². The number of hydrogen-bond donors (Lipinski definition) is 2. The molecule has 1 fully saturated rings. The molecule has 0 saturated heterocycles. The molecule has 1 amide bonds. The van der Waals surface area contributed by atoms with E-state index in [-0.39, 0.29) is 17.9 Å². The molecule has 0 heterocycles. The largest absolute Gasteiger partial charge is 0.482 e. The van der Waals surface area contributed by atoms with Crippen molar-refractivity contribution in [3.05, 3.63) is 24.3 Å². The maximum absolute atomic E-state index is 12.0. The molecule has 6 heteroatoms. The Morgan fingerprint density at radius 3 is 2.45 bits per heavy atom. The Morgan fingerprint density at radius 1 is 1.30 bits per heavy atom. The summed E-state index contributed by atoms with van der Waals surface area (Å²) in [7, 11) is 1.30. The molecule has 1 aliphatic carbocycles. The Balaban J connectivity index is 1.88. The molecule has 0 aromatic heterocycles. The molecule has 108 valence electrons. The van der Waals surface area contributed by atoms with Crippen molar-refractivity contribution in [1.29, 1.82) is 0 Å². The van der Waals surface area contributed by atoms with Gasteiger partial charge in [-0.05, 0) is 37.1 Å². The monoisotopic (exact) mass is 278 g/mol. The first-order chi connectivity index (χ1) is 9.59. The number of esters is 1. The maximum Gasteiger partial charge on any atom is 0.343 e. The highest BCUT2D eigenvalue weighted by atomic mass is 16.6. The van der Waals surface area contributed by atoms with E-state index in [1.807, 2.05) is 0 Å². The van der Waals surface area contributed by atoms with Crippen LogP contribution in [0.25, 0.3) is 0 Å². The van der Waals surface area contributed by atoms with Crippen molar-refractivity contribution >= 4 is 17.6 Å². The molecule has 1 saturated carbocycles.